The van der Waals surface area contributed by atoms with Crippen molar-refractivity contribution >= 4 is 21.8 Å². The van der Waals surface area contributed by atoms with Crippen LogP contribution < -0.4 is 10.6 Å². The normalized spacial score (nSPS) is 17.3. The molecule has 2 N–H and O–H groups in total. The van der Waals surface area contributed by atoms with Crippen LogP contribution in [0.25, 0.3) is 11.1 Å². The van der Waals surface area contributed by atoms with Crippen LogP contribution in [0.15, 0.2) is 41.2 Å². The zero-order valence-electron chi connectivity index (χ0n) is 19.4. The Kier molecular flexibility index (Phi) is 6.13. The first-order chi connectivity index (χ1) is 15.6. The van der Waals surface area contributed by atoms with Crippen molar-refractivity contribution in [3.63, 3.8) is 0 Å². The van der Waals surface area contributed by atoms with Gasteiger partial charge in [0.05, 0.1) is 10.7 Å². The molecule has 1 unspecified atom stereocenters. The van der Waals surface area contributed by atoms with Gasteiger partial charge in [-0.3, -0.25) is 0 Å². The smallest absolute Gasteiger partial charge is 0.324 e. The van der Waals surface area contributed by atoms with Crippen LogP contribution in [0.2, 0.25) is 0 Å². The molecule has 1 fully saturated rings. The molecule has 3 heterocycles. The van der Waals surface area contributed by atoms with Gasteiger partial charge in [0.25, 0.3) is 0 Å². The van der Waals surface area contributed by atoms with Gasteiger partial charge in [-0.25, -0.2) is 18.4 Å². The molecule has 9 nitrogen and oxygen atoms in total. The molecular weight excluding hydrogens is 440 g/mol. The highest BCUT2D eigenvalue weighted by molar-refractivity contribution is 7.91. The van der Waals surface area contributed by atoms with E-state index in [4.69, 9.17) is 15.2 Å². The van der Waals surface area contributed by atoms with E-state index < -0.39 is 15.3 Å². The molecule has 1 aliphatic rings. The maximum atomic E-state index is 11.8. The highest BCUT2D eigenvalue weighted by atomic mass is 32.2. The fourth-order valence-electron chi connectivity index (χ4n) is 4.25. The van der Waals surface area contributed by atoms with Crippen molar-refractivity contribution in [2.75, 3.05) is 30.0 Å². The summed E-state index contributed by atoms with van der Waals surface area (Å²) in [5.74, 6) is 1.06. The van der Waals surface area contributed by atoms with Crippen molar-refractivity contribution in [1.82, 2.24) is 20.1 Å². The van der Waals surface area contributed by atoms with Crippen LogP contribution in [0, 0.1) is 5.92 Å². The summed E-state index contributed by atoms with van der Waals surface area (Å²) in [6, 6.07) is 8.64. The zero-order valence-corrected chi connectivity index (χ0v) is 20.2. The summed E-state index contributed by atoms with van der Waals surface area (Å²) in [5.41, 5.74) is 8.07. The van der Waals surface area contributed by atoms with E-state index in [-0.39, 0.29) is 17.1 Å². The summed E-state index contributed by atoms with van der Waals surface area (Å²) in [6.07, 6.45) is 5.84. The zero-order chi connectivity index (χ0) is 23.8. The van der Waals surface area contributed by atoms with Crippen LogP contribution >= 0.6 is 0 Å². The second-order valence-corrected chi connectivity index (χ2v) is 11.5. The third kappa shape index (κ3) is 4.57. The molecule has 1 aromatic carbocycles. The van der Waals surface area contributed by atoms with Crippen LogP contribution in [0.5, 0.6) is 0 Å². The first-order valence-electron chi connectivity index (χ1n) is 11.1. The molecule has 0 aliphatic carbocycles. The Morgan fingerprint density at radius 2 is 1.70 bits per heavy atom. The molecule has 10 heteroatoms. The molecule has 0 saturated carbocycles. The van der Waals surface area contributed by atoms with Gasteiger partial charge in [0.2, 0.25) is 5.95 Å². The van der Waals surface area contributed by atoms with Gasteiger partial charge in [-0.2, -0.15) is 4.98 Å². The van der Waals surface area contributed by atoms with Gasteiger partial charge in [0.15, 0.2) is 5.82 Å². The average Bonchev–Trinajstić information content (AvgIpc) is 3.29. The Bertz CT molecular complexity index is 1200. The van der Waals surface area contributed by atoms with E-state index in [1.165, 1.54) is 6.26 Å². The number of benzene rings is 1. The van der Waals surface area contributed by atoms with E-state index in [2.05, 4.69) is 48.0 Å². The summed E-state index contributed by atoms with van der Waals surface area (Å²) in [5, 5.41) is 4.04. The Hall–Kier alpha value is -3.01. The SMILES string of the molecule is CC(C)C(C)(c1ccc(-c2cnc(N)nc2)cc1)c1noc(N2CCC(S(C)(=O)=O)CC2)n1. The molecule has 33 heavy (non-hydrogen) atoms. The standard InChI is InChI=1S/C23H30N6O3S/c1-15(2)23(3,18-7-5-16(6-8-18)17-13-25-21(24)26-14-17)20-27-22(32-28-20)29-11-9-19(10-12-29)33(4,30)31/h5-8,13-15,19H,9-12H2,1-4H3,(H2,24,25,26). The lowest BCUT2D eigenvalue weighted by Crippen LogP contribution is -2.39. The van der Waals surface area contributed by atoms with Gasteiger partial charge < -0.3 is 15.2 Å². The molecule has 1 saturated heterocycles. The van der Waals surface area contributed by atoms with Crippen LogP contribution in [0.1, 0.15) is 45.0 Å². The number of sulfone groups is 1. The Morgan fingerprint density at radius 3 is 2.24 bits per heavy atom. The van der Waals surface area contributed by atoms with Crippen molar-refractivity contribution < 1.29 is 12.9 Å². The molecule has 2 aromatic heterocycles. The van der Waals surface area contributed by atoms with Crippen molar-refractivity contribution in [1.29, 1.82) is 0 Å². The third-order valence-corrected chi connectivity index (χ3v) is 8.52. The first-order valence-corrected chi connectivity index (χ1v) is 13.0. The Balaban J connectivity index is 1.57. The summed E-state index contributed by atoms with van der Waals surface area (Å²) in [6.45, 7) is 7.54. The number of rotatable bonds is 6. The molecule has 4 rings (SSSR count). The first kappa shape index (κ1) is 23.2. The molecule has 0 bridgehead atoms. The fraction of sp³-hybridized carbons (Fsp3) is 0.478. The predicted molar refractivity (Wildman–Crippen MR) is 128 cm³/mol. The molecular formula is C23H30N6O3S. The quantitative estimate of drug-likeness (QED) is 0.578. The number of hydrogen-bond donors (Lipinski definition) is 1. The van der Waals surface area contributed by atoms with Gasteiger partial charge >= 0.3 is 6.01 Å². The minimum absolute atomic E-state index is 0.199. The highest BCUT2D eigenvalue weighted by Crippen LogP contribution is 2.39. The molecule has 0 radical (unpaired) electrons. The van der Waals surface area contributed by atoms with Gasteiger partial charge in [0, 0.05) is 37.3 Å². The lowest BCUT2D eigenvalue weighted by molar-refractivity contribution is 0.346. The molecule has 176 valence electrons. The number of piperidine rings is 1. The molecule has 0 spiro atoms. The Labute approximate surface area is 194 Å². The average molecular weight is 471 g/mol. The topological polar surface area (TPSA) is 128 Å². The maximum absolute atomic E-state index is 11.8. The molecule has 0 amide bonds. The van der Waals surface area contributed by atoms with E-state index in [1.807, 2.05) is 17.0 Å². The fourth-order valence-corrected chi connectivity index (χ4v) is 5.31. The van der Waals surface area contributed by atoms with Crippen LogP contribution in [0.4, 0.5) is 12.0 Å². The Morgan fingerprint density at radius 1 is 1.09 bits per heavy atom. The van der Waals surface area contributed by atoms with Crippen molar-refractivity contribution in [3.05, 3.63) is 48.0 Å². The number of nitrogens with two attached hydrogens (primary N) is 1. The highest BCUT2D eigenvalue weighted by Gasteiger charge is 2.38. The van der Waals surface area contributed by atoms with Crippen LogP contribution in [-0.4, -0.2) is 53.1 Å². The number of hydrogen-bond acceptors (Lipinski definition) is 9. The lowest BCUT2D eigenvalue weighted by Gasteiger charge is -2.31. The maximum Gasteiger partial charge on any atom is 0.324 e. The monoisotopic (exact) mass is 470 g/mol. The van der Waals surface area contributed by atoms with Crippen LogP contribution in [-0.2, 0) is 15.3 Å². The van der Waals surface area contributed by atoms with Crippen LogP contribution in [0.3, 0.4) is 0 Å². The number of anilines is 2. The van der Waals surface area contributed by atoms with E-state index in [1.54, 1.807) is 12.4 Å². The molecule has 1 aliphatic heterocycles. The second kappa shape index (κ2) is 8.74. The van der Waals surface area contributed by atoms with E-state index >= 15 is 0 Å². The largest absolute Gasteiger partial charge is 0.368 e. The summed E-state index contributed by atoms with van der Waals surface area (Å²) >= 11 is 0. The van der Waals surface area contributed by atoms with Gasteiger partial charge in [0.1, 0.15) is 9.84 Å². The predicted octanol–water partition coefficient (Wildman–Crippen LogP) is 3.08. The van der Waals surface area contributed by atoms with E-state index in [0.717, 1.165) is 16.7 Å². The third-order valence-electron chi connectivity index (χ3n) is 6.84. The second-order valence-electron chi connectivity index (χ2n) is 9.18. The van der Waals surface area contributed by atoms with Crippen molar-refractivity contribution in [2.45, 2.75) is 44.3 Å². The van der Waals surface area contributed by atoms with E-state index in [9.17, 15) is 8.42 Å². The number of nitrogen functional groups attached to an aromatic ring is 1. The van der Waals surface area contributed by atoms with Gasteiger partial charge in [-0.1, -0.05) is 43.3 Å². The minimum Gasteiger partial charge on any atom is -0.368 e. The number of nitrogens with zero attached hydrogens (tertiary/aromatic N) is 5. The van der Waals surface area contributed by atoms with Crippen molar-refractivity contribution in [2.24, 2.45) is 5.92 Å². The van der Waals surface area contributed by atoms with Gasteiger partial charge in [-0.05, 0) is 36.8 Å². The van der Waals surface area contributed by atoms with Crippen molar-refractivity contribution in [3.8, 4) is 11.1 Å². The van der Waals surface area contributed by atoms with E-state index in [0.29, 0.717) is 37.8 Å². The summed E-state index contributed by atoms with van der Waals surface area (Å²) < 4.78 is 29.3. The lowest BCUT2D eigenvalue weighted by atomic mass is 9.72. The molecule has 3 aromatic rings. The summed E-state index contributed by atoms with van der Waals surface area (Å²) in [7, 11) is -3.03. The van der Waals surface area contributed by atoms with Gasteiger partial charge in [-0.15, -0.1) is 0 Å². The molecule has 1 atom stereocenters. The summed E-state index contributed by atoms with van der Waals surface area (Å²) in [4.78, 5) is 14.8. The number of aromatic nitrogens is 4. The minimum atomic E-state index is -3.03.